The van der Waals surface area contributed by atoms with E-state index >= 15 is 0 Å². The molecule has 1 saturated carbocycles. The summed E-state index contributed by atoms with van der Waals surface area (Å²) in [5.41, 5.74) is 9.42. The van der Waals surface area contributed by atoms with Crippen molar-refractivity contribution in [1.82, 2.24) is 9.97 Å². The molecular weight excluding hydrogens is 396 g/mol. The summed E-state index contributed by atoms with van der Waals surface area (Å²) < 4.78 is 0. The van der Waals surface area contributed by atoms with Crippen LogP contribution in [0.25, 0.3) is 10.9 Å². The largest absolute Gasteiger partial charge is 0.383 e. The van der Waals surface area contributed by atoms with Gasteiger partial charge in [-0.15, -0.1) is 0 Å². The Morgan fingerprint density at radius 1 is 1.20 bits per heavy atom. The van der Waals surface area contributed by atoms with Gasteiger partial charge in [0, 0.05) is 28.7 Å². The molecule has 6 nitrogen and oxygen atoms in total. The highest BCUT2D eigenvalue weighted by Crippen LogP contribution is 2.36. The van der Waals surface area contributed by atoms with E-state index in [9.17, 15) is 0 Å². The van der Waals surface area contributed by atoms with Gasteiger partial charge in [0.05, 0.1) is 5.69 Å². The van der Waals surface area contributed by atoms with E-state index in [1.54, 1.807) is 0 Å². The summed E-state index contributed by atoms with van der Waals surface area (Å²) >= 11 is 6.30. The summed E-state index contributed by atoms with van der Waals surface area (Å²) in [6.07, 6.45) is 3.45. The highest BCUT2D eigenvalue weighted by Gasteiger charge is 2.28. The van der Waals surface area contributed by atoms with E-state index in [4.69, 9.17) is 27.3 Å². The molecule has 1 atom stereocenters. The van der Waals surface area contributed by atoms with Gasteiger partial charge in [0.1, 0.15) is 11.3 Å². The summed E-state index contributed by atoms with van der Waals surface area (Å²) in [5.74, 6) is 2.11. The van der Waals surface area contributed by atoms with Gasteiger partial charge in [-0.05, 0) is 75.4 Å². The minimum Gasteiger partial charge on any atom is -0.383 e. The molecule has 1 heterocycles. The number of nitrogens with one attached hydrogen (secondary N) is 3. The minimum atomic E-state index is 0.374. The smallest absolute Gasteiger partial charge is 0.229 e. The lowest BCUT2D eigenvalue weighted by Gasteiger charge is -2.18. The molecule has 5 N–H and O–H groups in total. The Balaban J connectivity index is 1.72. The number of anilines is 4. The van der Waals surface area contributed by atoms with E-state index in [-0.39, 0.29) is 0 Å². The molecule has 158 valence electrons. The van der Waals surface area contributed by atoms with Crippen LogP contribution in [0.15, 0.2) is 36.4 Å². The van der Waals surface area contributed by atoms with Gasteiger partial charge in [0.25, 0.3) is 0 Å². The quantitative estimate of drug-likeness (QED) is 0.348. The second kappa shape index (κ2) is 9.06. The van der Waals surface area contributed by atoms with Crippen molar-refractivity contribution in [2.75, 3.05) is 29.0 Å². The predicted molar refractivity (Wildman–Crippen MR) is 127 cm³/mol. The number of benzene rings is 2. The average Bonchev–Trinajstić information content (AvgIpc) is 3.57. The predicted octanol–water partition coefficient (Wildman–Crippen LogP) is 5.31. The minimum absolute atomic E-state index is 0.374. The lowest BCUT2D eigenvalue weighted by molar-refractivity contribution is 0.691. The van der Waals surface area contributed by atoms with Crippen molar-refractivity contribution < 1.29 is 0 Å². The third-order valence-corrected chi connectivity index (χ3v) is 5.95. The molecule has 0 saturated heterocycles. The molecule has 1 aliphatic rings. The highest BCUT2D eigenvalue weighted by molar-refractivity contribution is 6.31. The second-order valence-electron chi connectivity index (χ2n) is 8.03. The number of rotatable bonds is 9. The van der Waals surface area contributed by atoms with E-state index in [2.05, 4.69) is 28.9 Å². The maximum atomic E-state index is 6.30. The molecule has 4 rings (SSSR count). The Labute approximate surface area is 182 Å². The monoisotopic (exact) mass is 424 g/mol. The van der Waals surface area contributed by atoms with Gasteiger partial charge < -0.3 is 21.7 Å². The summed E-state index contributed by atoms with van der Waals surface area (Å²) in [5, 5.41) is 12.1. The number of hydrogen-bond donors (Lipinski definition) is 4. The number of aromatic nitrogens is 2. The maximum absolute atomic E-state index is 6.30. The van der Waals surface area contributed by atoms with Crippen molar-refractivity contribution in [2.24, 2.45) is 11.7 Å². The van der Waals surface area contributed by atoms with E-state index in [0.717, 1.165) is 46.6 Å². The van der Waals surface area contributed by atoms with Crippen molar-refractivity contribution in [2.45, 2.75) is 39.2 Å². The number of hydrogen-bond acceptors (Lipinski definition) is 6. The van der Waals surface area contributed by atoms with E-state index in [0.29, 0.717) is 29.5 Å². The third kappa shape index (κ3) is 4.77. The SMILES string of the molecule is Cc1ccc(Nc2nc(N[C@H](C)C3CC3)c3cccc(NCCCN)c3n2)cc1Cl. The topological polar surface area (TPSA) is 87.9 Å². The molecule has 0 radical (unpaired) electrons. The molecule has 1 aromatic heterocycles. The fourth-order valence-electron chi connectivity index (χ4n) is 3.52. The number of aryl methyl sites for hydroxylation is 1. The molecular formula is C23H29ClN6. The van der Waals surface area contributed by atoms with Gasteiger partial charge in [-0.2, -0.15) is 4.98 Å². The molecule has 0 aliphatic heterocycles. The maximum Gasteiger partial charge on any atom is 0.229 e. The summed E-state index contributed by atoms with van der Waals surface area (Å²) in [6.45, 7) is 5.66. The lowest BCUT2D eigenvalue weighted by Crippen LogP contribution is -2.19. The van der Waals surface area contributed by atoms with E-state index < -0.39 is 0 Å². The first-order valence-electron chi connectivity index (χ1n) is 10.6. The fourth-order valence-corrected chi connectivity index (χ4v) is 3.70. The van der Waals surface area contributed by atoms with E-state index in [1.807, 2.05) is 37.3 Å². The molecule has 2 aromatic carbocycles. The zero-order valence-corrected chi connectivity index (χ0v) is 18.3. The van der Waals surface area contributed by atoms with Gasteiger partial charge in [0.15, 0.2) is 0 Å². The van der Waals surface area contributed by atoms with Crippen LogP contribution in [-0.2, 0) is 0 Å². The van der Waals surface area contributed by atoms with Crippen LogP contribution in [0.2, 0.25) is 5.02 Å². The molecule has 1 fully saturated rings. The zero-order chi connectivity index (χ0) is 21.1. The lowest BCUT2D eigenvalue weighted by atomic mass is 10.1. The fraction of sp³-hybridized carbons (Fsp3) is 0.391. The van der Waals surface area contributed by atoms with Crippen LogP contribution in [0, 0.1) is 12.8 Å². The first-order chi connectivity index (χ1) is 14.5. The molecule has 3 aromatic rings. The summed E-state index contributed by atoms with van der Waals surface area (Å²) in [6, 6.07) is 12.4. The van der Waals surface area contributed by atoms with Crippen molar-refractivity contribution in [3.8, 4) is 0 Å². The van der Waals surface area contributed by atoms with Gasteiger partial charge in [-0.3, -0.25) is 0 Å². The first kappa shape index (κ1) is 20.7. The number of nitrogens with zero attached hydrogens (tertiary/aromatic N) is 2. The average molecular weight is 425 g/mol. The standard InChI is InChI=1S/C23H29ClN6/c1-14-7-10-17(13-19(14)24)28-23-29-21-18(5-3-6-20(21)26-12-4-11-25)22(30-23)27-15(2)16-8-9-16/h3,5-7,10,13,15-16,26H,4,8-9,11-12,25H2,1-2H3,(H2,27,28,29,30)/t15-/m1/s1. The first-order valence-corrected chi connectivity index (χ1v) is 11.0. The normalized spacial score (nSPS) is 14.5. The molecule has 7 heteroatoms. The van der Waals surface area contributed by atoms with Crippen LogP contribution in [0.1, 0.15) is 31.7 Å². The van der Waals surface area contributed by atoms with Gasteiger partial charge in [0.2, 0.25) is 5.95 Å². The number of halogens is 1. The van der Waals surface area contributed by atoms with Crippen molar-refractivity contribution in [3.63, 3.8) is 0 Å². The second-order valence-corrected chi connectivity index (χ2v) is 8.43. The van der Waals surface area contributed by atoms with Gasteiger partial charge in [-0.1, -0.05) is 23.7 Å². The number of fused-ring (bicyclic) bond motifs is 1. The molecule has 0 unspecified atom stereocenters. The van der Waals surface area contributed by atoms with Gasteiger partial charge in [-0.25, -0.2) is 4.98 Å². The van der Waals surface area contributed by atoms with Crippen LogP contribution in [0.5, 0.6) is 0 Å². The van der Waals surface area contributed by atoms with Crippen LogP contribution >= 0.6 is 11.6 Å². The molecule has 0 bridgehead atoms. The Hall–Kier alpha value is -2.57. The molecule has 1 aliphatic carbocycles. The van der Waals surface area contributed by atoms with Gasteiger partial charge >= 0.3 is 0 Å². The Kier molecular flexibility index (Phi) is 6.25. The molecule has 30 heavy (non-hydrogen) atoms. The Morgan fingerprint density at radius 3 is 2.77 bits per heavy atom. The van der Waals surface area contributed by atoms with Crippen LogP contribution < -0.4 is 21.7 Å². The number of para-hydroxylation sites is 1. The van der Waals surface area contributed by atoms with Crippen LogP contribution in [0.4, 0.5) is 23.1 Å². The Morgan fingerprint density at radius 2 is 2.03 bits per heavy atom. The third-order valence-electron chi connectivity index (χ3n) is 5.54. The number of nitrogens with two attached hydrogens (primary N) is 1. The van der Waals surface area contributed by atoms with Crippen LogP contribution in [-0.4, -0.2) is 29.1 Å². The van der Waals surface area contributed by atoms with E-state index in [1.165, 1.54) is 12.8 Å². The Bertz CT molecular complexity index is 1030. The zero-order valence-electron chi connectivity index (χ0n) is 17.5. The summed E-state index contributed by atoms with van der Waals surface area (Å²) in [4.78, 5) is 9.64. The molecule has 0 spiro atoms. The summed E-state index contributed by atoms with van der Waals surface area (Å²) in [7, 11) is 0. The molecule has 0 amide bonds. The van der Waals surface area contributed by atoms with Crippen molar-refractivity contribution in [3.05, 3.63) is 47.0 Å². The highest BCUT2D eigenvalue weighted by atomic mass is 35.5. The van der Waals surface area contributed by atoms with Crippen molar-refractivity contribution >= 4 is 45.6 Å². The van der Waals surface area contributed by atoms with Crippen LogP contribution in [0.3, 0.4) is 0 Å². The van der Waals surface area contributed by atoms with Crippen molar-refractivity contribution in [1.29, 1.82) is 0 Å².